The molecule has 0 spiro atoms. The molecule has 2 atom stereocenters. The summed E-state index contributed by atoms with van der Waals surface area (Å²) in [5.41, 5.74) is 4.86. The highest BCUT2D eigenvalue weighted by Crippen LogP contribution is 2.36. The lowest BCUT2D eigenvalue weighted by Crippen LogP contribution is -2.42. The molecule has 160 valence electrons. The first-order valence-electron chi connectivity index (χ1n) is 11.6. The van der Waals surface area contributed by atoms with Crippen LogP contribution >= 0.6 is 0 Å². The van der Waals surface area contributed by atoms with Crippen molar-refractivity contribution in [2.75, 3.05) is 24.6 Å². The van der Waals surface area contributed by atoms with Gasteiger partial charge in [-0.2, -0.15) is 0 Å². The van der Waals surface area contributed by atoms with Gasteiger partial charge in [0.2, 0.25) is 5.91 Å². The zero-order valence-electron chi connectivity index (χ0n) is 18.1. The third kappa shape index (κ3) is 4.93. The van der Waals surface area contributed by atoms with Crippen LogP contribution in [0.2, 0.25) is 0 Å². The Labute approximate surface area is 180 Å². The van der Waals surface area contributed by atoms with Gasteiger partial charge in [-0.15, -0.1) is 0 Å². The average Bonchev–Trinajstić information content (AvgIpc) is 2.80. The molecule has 0 aromatic heterocycles. The van der Waals surface area contributed by atoms with Gasteiger partial charge in [0.1, 0.15) is 0 Å². The normalized spacial score (nSPS) is 20.1. The molecule has 2 unspecified atom stereocenters. The maximum absolute atomic E-state index is 12.8. The van der Waals surface area contributed by atoms with Crippen LogP contribution in [0.25, 0.3) is 0 Å². The highest BCUT2D eigenvalue weighted by Gasteiger charge is 2.29. The maximum Gasteiger partial charge on any atom is 0.227 e. The maximum atomic E-state index is 12.8. The van der Waals surface area contributed by atoms with Crippen LogP contribution in [0.3, 0.4) is 0 Å². The summed E-state index contributed by atoms with van der Waals surface area (Å²) in [5, 5.41) is 3.50. The molecule has 2 aliphatic heterocycles. The average molecular weight is 407 g/mol. The monoisotopic (exact) mass is 406 g/mol. The Bertz CT molecular complexity index is 830. The Morgan fingerprint density at radius 1 is 1.13 bits per heavy atom. The molecule has 1 saturated heterocycles. The molecular formula is C26H34N2O2. The van der Waals surface area contributed by atoms with Crippen LogP contribution in [0.5, 0.6) is 0 Å². The van der Waals surface area contributed by atoms with Gasteiger partial charge in [0.05, 0.1) is 19.3 Å². The standard InChI is InChI=1S/C26H34N2O2/c1-2-3-5-10-23(25-18-27-15-16-30-25)22-12-11-21-13-14-26(29)28(24(21)17-22)19-20-8-6-4-7-9-20/h4,6-9,11-12,17,23,25,27H,2-3,5,10,13-16,18-19H2,1H3. The predicted octanol–water partition coefficient (Wildman–Crippen LogP) is 4.82. The van der Waals surface area contributed by atoms with E-state index in [2.05, 4.69) is 42.6 Å². The van der Waals surface area contributed by atoms with Crippen molar-refractivity contribution in [1.82, 2.24) is 5.32 Å². The van der Waals surface area contributed by atoms with E-state index in [1.807, 2.05) is 23.1 Å². The van der Waals surface area contributed by atoms with E-state index in [1.54, 1.807) is 0 Å². The number of rotatable bonds is 8. The lowest BCUT2D eigenvalue weighted by atomic mass is 9.85. The molecule has 0 saturated carbocycles. The van der Waals surface area contributed by atoms with E-state index in [0.29, 0.717) is 18.9 Å². The molecule has 0 radical (unpaired) electrons. The molecule has 1 fully saturated rings. The molecule has 0 aliphatic carbocycles. The molecule has 1 amide bonds. The number of carbonyl (C=O) groups is 1. The van der Waals surface area contributed by atoms with E-state index in [0.717, 1.165) is 38.2 Å². The number of anilines is 1. The summed E-state index contributed by atoms with van der Waals surface area (Å²) >= 11 is 0. The van der Waals surface area contributed by atoms with Crippen LogP contribution in [0.15, 0.2) is 48.5 Å². The molecule has 4 rings (SSSR count). The van der Waals surface area contributed by atoms with E-state index in [9.17, 15) is 4.79 Å². The number of unbranched alkanes of at least 4 members (excludes halogenated alkanes) is 2. The second-order valence-corrected chi connectivity index (χ2v) is 8.57. The second-order valence-electron chi connectivity index (χ2n) is 8.57. The Morgan fingerprint density at radius 2 is 2.00 bits per heavy atom. The van der Waals surface area contributed by atoms with Gasteiger partial charge in [0.15, 0.2) is 0 Å². The minimum absolute atomic E-state index is 0.204. The van der Waals surface area contributed by atoms with Crippen LogP contribution in [0.1, 0.15) is 61.6 Å². The van der Waals surface area contributed by atoms with Gasteiger partial charge >= 0.3 is 0 Å². The lowest BCUT2D eigenvalue weighted by Gasteiger charge is -2.34. The number of benzene rings is 2. The highest BCUT2D eigenvalue weighted by atomic mass is 16.5. The number of aryl methyl sites for hydroxylation is 1. The fourth-order valence-electron chi connectivity index (χ4n) is 4.75. The largest absolute Gasteiger partial charge is 0.375 e. The molecule has 2 aliphatic rings. The molecule has 0 bridgehead atoms. The third-order valence-corrected chi connectivity index (χ3v) is 6.44. The van der Waals surface area contributed by atoms with Crippen LogP contribution in [0.4, 0.5) is 5.69 Å². The van der Waals surface area contributed by atoms with Gasteiger partial charge < -0.3 is 15.0 Å². The predicted molar refractivity (Wildman–Crippen MR) is 122 cm³/mol. The van der Waals surface area contributed by atoms with E-state index in [4.69, 9.17) is 4.74 Å². The zero-order valence-corrected chi connectivity index (χ0v) is 18.1. The van der Waals surface area contributed by atoms with Gasteiger partial charge in [-0.1, -0.05) is 68.7 Å². The van der Waals surface area contributed by atoms with Crippen molar-refractivity contribution < 1.29 is 9.53 Å². The number of ether oxygens (including phenoxy) is 1. The Balaban J connectivity index is 1.62. The Hall–Kier alpha value is -2.17. The van der Waals surface area contributed by atoms with Crippen molar-refractivity contribution >= 4 is 11.6 Å². The van der Waals surface area contributed by atoms with Crippen molar-refractivity contribution in [1.29, 1.82) is 0 Å². The van der Waals surface area contributed by atoms with E-state index < -0.39 is 0 Å². The SMILES string of the molecule is CCCCCC(c1ccc2c(c1)N(Cc1ccccc1)C(=O)CC2)C1CNCCO1. The summed E-state index contributed by atoms with van der Waals surface area (Å²) in [5.74, 6) is 0.590. The Kier molecular flexibility index (Phi) is 7.19. The summed E-state index contributed by atoms with van der Waals surface area (Å²) in [6.45, 7) is 5.50. The first-order valence-corrected chi connectivity index (χ1v) is 11.6. The van der Waals surface area contributed by atoms with Crippen LogP contribution in [-0.2, 0) is 22.5 Å². The van der Waals surface area contributed by atoms with Crippen molar-refractivity contribution in [3.63, 3.8) is 0 Å². The van der Waals surface area contributed by atoms with Gasteiger partial charge in [0.25, 0.3) is 0 Å². The molecule has 1 N–H and O–H groups in total. The molecule has 4 heteroatoms. The number of fused-ring (bicyclic) bond motifs is 1. The number of hydrogen-bond acceptors (Lipinski definition) is 3. The number of amides is 1. The van der Waals surface area contributed by atoms with Gasteiger partial charge in [-0.3, -0.25) is 4.79 Å². The van der Waals surface area contributed by atoms with Crippen molar-refractivity contribution in [2.24, 2.45) is 0 Å². The topological polar surface area (TPSA) is 41.6 Å². The van der Waals surface area contributed by atoms with Crippen LogP contribution in [-0.4, -0.2) is 31.7 Å². The summed E-state index contributed by atoms with van der Waals surface area (Å²) in [6.07, 6.45) is 6.45. The molecule has 30 heavy (non-hydrogen) atoms. The summed E-state index contributed by atoms with van der Waals surface area (Å²) < 4.78 is 6.17. The van der Waals surface area contributed by atoms with E-state index in [-0.39, 0.29) is 12.0 Å². The first kappa shape index (κ1) is 21.1. The smallest absolute Gasteiger partial charge is 0.227 e. The lowest BCUT2D eigenvalue weighted by molar-refractivity contribution is -0.119. The van der Waals surface area contributed by atoms with Gasteiger partial charge in [0, 0.05) is 31.1 Å². The van der Waals surface area contributed by atoms with Gasteiger partial charge in [-0.05, 0) is 35.6 Å². The van der Waals surface area contributed by atoms with Gasteiger partial charge in [-0.25, -0.2) is 0 Å². The molecule has 2 aromatic carbocycles. The van der Waals surface area contributed by atoms with Crippen LogP contribution in [0, 0.1) is 0 Å². The van der Waals surface area contributed by atoms with Crippen molar-refractivity contribution in [3.8, 4) is 0 Å². The zero-order chi connectivity index (χ0) is 20.8. The molecule has 2 heterocycles. The quantitative estimate of drug-likeness (QED) is 0.639. The number of nitrogens with one attached hydrogen (secondary N) is 1. The number of morpholine rings is 1. The number of hydrogen-bond donors (Lipinski definition) is 1. The second kappa shape index (κ2) is 10.2. The summed E-state index contributed by atoms with van der Waals surface area (Å²) in [4.78, 5) is 14.8. The van der Waals surface area contributed by atoms with E-state index in [1.165, 1.54) is 36.0 Å². The van der Waals surface area contributed by atoms with Crippen LogP contribution < -0.4 is 10.2 Å². The fraction of sp³-hybridized carbons (Fsp3) is 0.500. The van der Waals surface area contributed by atoms with Crippen molar-refractivity contribution in [2.45, 2.75) is 64.0 Å². The molecular weight excluding hydrogens is 372 g/mol. The van der Waals surface area contributed by atoms with Crippen molar-refractivity contribution in [3.05, 3.63) is 65.2 Å². The highest BCUT2D eigenvalue weighted by molar-refractivity contribution is 5.96. The third-order valence-electron chi connectivity index (χ3n) is 6.44. The Morgan fingerprint density at radius 3 is 2.77 bits per heavy atom. The first-order chi connectivity index (χ1) is 14.8. The molecule has 2 aromatic rings. The minimum Gasteiger partial charge on any atom is -0.375 e. The molecule has 4 nitrogen and oxygen atoms in total. The van der Waals surface area contributed by atoms with E-state index >= 15 is 0 Å². The summed E-state index contributed by atoms with van der Waals surface area (Å²) in [6, 6.07) is 17.1. The summed E-state index contributed by atoms with van der Waals surface area (Å²) in [7, 11) is 0. The minimum atomic E-state index is 0.204. The number of nitrogens with zero attached hydrogens (tertiary/aromatic N) is 1. The fourth-order valence-corrected chi connectivity index (χ4v) is 4.75. The number of carbonyl (C=O) groups excluding carboxylic acids is 1.